The quantitative estimate of drug-likeness (QED) is 0.460. The highest BCUT2D eigenvalue weighted by atomic mass is 16.5. The zero-order valence-electron chi connectivity index (χ0n) is 9.06. The SMILES string of the molecule is COCCC(=O)N(N)c1ccc(C)cc1. The summed E-state index contributed by atoms with van der Waals surface area (Å²) in [5.41, 5.74) is 1.83. The predicted octanol–water partition coefficient (Wildman–Crippen LogP) is 1.24. The van der Waals surface area contributed by atoms with Crippen LogP contribution in [0.5, 0.6) is 0 Å². The fraction of sp³-hybridized carbons (Fsp3) is 0.364. The minimum absolute atomic E-state index is 0.152. The third-order valence-corrected chi connectivity index (χ3v) is 2.10. The Balaban J connectivity index is 2.63. The summed E-state index contributed by atoms with van der Waals surface area (Å²) in [6.07, 6.45) is 0.293. The van der Waals surface area contributed by atoms with E-state index in [1.165, 1.54) is 0 Å². The number of nitrogens with two attached hydrogens (primary N) is 1. The van der Waals surface area contributed by atoms with Crippen molar-refractivity contribution in [2.45, 2.75) is 13.3 Å². The van der Waals surface area contributed by atoms with Gasteiger partial charge in [0.2, 0.25) is 5.91 Å². The molecule has 15 heavy (non-hydrogen) atoms. The highest BCUT2D eigenvalue weighted by molar-refractivity contribution is 5.92. The molecular formula is C11H16N2O2. The van der Waals surface area contributed by atoms with Crippen molar-refractivity contribution in [3.8, 4) is 0 Å². The van der Waals surface area contributed by atoms with Crippen LogP contribution in [-0.2, 0) is 9.53 Å². The predicted molar refractivity (Wildman–Crippen MR) is 59.3 cm³/mol. The molecule has 0 heterocycles. The molecule has 2 N–H and O–H groups in total. The number of ether oxygens (including phenoxy) is 1. The topological polar surface area (TPSA) is 55.6 Å². The third-order valence-electron chi connectivity index (χ3n) is 2.10. The highest BCUT2D eigenvalue weighted by Crippen LogP contribution is 2.12. The second-order valence-electron chi connectivity index (χ2n) is 3.34. The first-order valence-corrected chi connectivity index (χ1v) is 4.78. The van der Waals surface area contributed by atoms with Gasteiger partial charge < -0.3 is 4.74 Å². The molecule has 0 aliphatic rings. The van der Waals surface area contributed by atoms with Crippen molar-refractivity contribution >= 4 is 11.6 Å². The Labute approximate surface area is 89.6 Å². The van der Waals surface area contributed by atoms with Gasteiger partial charge in [-0.15, -0.1) is 0 Å². The summed E-state index contributed by atoms with van der Waals surface area (Å²) in [5.74, 6) is 5.51. The lowest BCUT2D eigenvalue weighted by atomic mass is 10.2. The number of aryl methyl sites for hydroxylation is 1. The van der Waals surface area contributed by atoms with Crippen LogP contribution in [0.4, 0.5) is 5.69 Å². The van der Waals surface area contributed by atoms with Crippen molar-refractivity contribution in [1.29, 1.82) is 0 Å². The van der Waals surface area contributed by atoms with Crippen LogP contribution in [0.1, 0.15) is 12.0 Å². The molecule has 0 aliphatic carbocycles. The number of methoxy groups -OCH3 is 1. The maximum Gasteiger partial charge on any atom is 0.243 e. The number of carbonyl (C=O) groups is 1. The molecule has 0 bridgehead atoms. The number of rotatable bonds is 4. The first kappa shape index (κ1) is 11.7. The zero-order chi connectivity index (χ0) is 11.3. The minimum atomic E-state index is -0.152. The second kappa shape index (κ2) is 5.48. The van der Waals surface area contributed by atoms with E-state index < -0.39 is 0 Å². The highest BCUT2D eigenvalue weighted by Gasteiger charge is 2.10. The van der Waals surface area contributed by atoms with E-state index in [4.69, 9.17) is 10.6 Å². The molecule has 4 nitrogen and oxygen atoms in total. The van der Waals surface area contributed by atoms with Crippen molar-refractivity contribution in [3.63, 3.8) is 0 Å². The zero-order valence-corrected chi connectivity index (χ0v) is 9.06. The molecule has 1 rings (SSSR count). The van der Waals surface area contributed by atoms with Crippen LogP contribution in [0.3, 0.4) is 0 Å². The van der Waals surface area contributed by atoms with E-state index in [2.05, 4.69) is 0 Å². The summed E-state index contributed by atoms with van der Waals surface area (Å²) in [7, 11) is 1.56. The lowest BCUT2D eigenvalue weighted by Gasteiger charge is -2.16. The molecule has 0 atom stereocenters. The summed E-state index contributed by atoms with van der Waals surface area (Å²) in [4.78, 5) is 11.5. The Morgan fingerprint density at radius 2 is 2.00 bits per heavy atom. The Morgan fingerprint density at radius 3 is 2.53 bits per heavy atom. The molecule has 0 aliphatic heterocycles. The third kappa shape index (κ3) is 3.34. The Bertz CT molecular complexity index is 322. The average molecular weight is 208 g/mol. The van der Waals surface area contributed by atoms with Crippen LogP contribution >= 0.6 is 0 Å². The molecular weight excluding hydrogens is 192 g/mol. The maximum absolute atomic E-state index is 11.5. The van der Waals surface area contributed by atoms with Crippen molar-refractivity contribution in [1.82, 2.24) is 0 Å². The van der Waals surface area contributed by atoms with Crippen molar-refractivity contribution in [2.24, 2.45) is 5.84 Å². The van der Waals surface area contributed by atoms with Gasteiger partial charge in [0.1, 0.15) is 0 Å². The van der Waals surface area contributed by atoms with Crippen LogP contribution in [0.15, 0.2) is 24.3 Å². The van der Waals surface area contributed by atoms with Crippen LogP contribution in [-0.4, -0.2) is 19.6 Å². The fourth-order valence-corrected chi connectivity index (χ4v) is 1.16. The number of nitrogens with zero attached hydrogens (tertiary/aromatic N) is 1. The number of hydrogen-bond donors (Lipinski definition) is 1. The summed E-state index contributed by atoms with van der Waals surface area (Å²) >= 11 is 0. The molecule has 1 amide bonds. The molecule has 0 saturated heterocycles. The van der Waals surface area contributed by atoms with Gasteiger partial charge in [-0.2, -0.15) is 0 Å². The van der Waals surface area contributed by atoms with Crippen LogP contribution < -0.4 is 10.9 Å². The van der Waals surface area contributed by atoms with Crippen LogP contribution in [0, 0.1) is 6.92 Å². The van der Waals surface area contributed by atoms with E-state index in [1.807, 2.05) is 31.2 Å². The number of anilines is 1. The Hall–Kier alpha value is -1.39. The first-order valence-electron chi connectivity index (χ1n) is 4.78. The number of carbonyl (C=O) groups excluding carboxylic acids is 1. The molecule has 82 valence electrons. The number of hydrazine groups is 1. The van der Waals surface area contributed by atoms with Crippen molar-refractivity contribution in [2.75, 3.05) is 18.7 Å². The van der Waals surface area contributed by atoms with E-state index in [1.54, 1.807) is 7.11 Å². The largest absolute Gasteiger partial charge is 0.384 e. The average Bonchev–Trinajstić information content (AvgIpc) is 2.26. The van der Waals surface area contributed by atoms with Gasteiger partial charge in [-0.3, -0.25) is 4.79 Å². The van der Waals surface area contributed by atoms with Crippen LogP contribution in [0.2, 0.25) is 0 Å². The molecule has 0 unspecified atom stereocenters. The molecule has 1 aromatic carbocycles. The van der Waals surface area contributed by atoms with E-state index in [0.717, 1.165) is 10.6 Å². The Kier molecular flexibility index (Phi) is 4.27. The summed E-state index contributed by atoms with van der Waals surface area (Å²) in [6, 6.07) is 7.47. The molecule has 0 fully saturated rings. The van der Waals surface area contributed by atoms with E-state index in [-0.39, 0.29) is 5.91 Å². The molecule has 1 aromatic rings. The standard InChI is InChI=1S/C11H16N2O2/c1-9-3-5-10(6-4-9)13(12)11(14)7-8-15-2/h3-6H,7-8,12H2,1-2H3. The molecule has 0 spiro atoms. The van der Waals surface area contributed by atoms with Gasteiger partial charge in [-0.25, -0.2) is 10.9 Å². The maximum atomic E-state index is 11.5. The first-order chi connectivity index (χ1) is 7.15. The number of hydrogen-bond acceptors (Lipinski definition) is 3. The molecule has 0 radical (unpaired) electrons. The van der Waals surface area contributed by atoms with Gasteiger partial charge in [0.05, 0.1) is 18.7 Å². The van der Waals surface area contributed by atoms with Gasteiger partial charge in [0.15, 0.2) is 0 Å². The second-order valence-corrected chi connectivity index (χ2v) is 3.34. The van der Waals surface area contributed by atoms with Gasteiger partial charge >= 0.3 is 0 Å². The molecule has 0 aromatic heterocycles. The smallest absolute Gasteiger partial charge is 0.243 e. The summed E-state index contributed by atoms with van der Waals surface area (Å²) in [5, 5.41) is 1.15. The van der Waals surface area contributed by atoms with Gasteiger partial charge in [-0.05, 0) is 19.1 Å². The summed E-state index contributed by atoms with van der Waals surface area (Å²) in [6.45, 7) is 2.37. The monoisotopic (exact) mass is 208 g/mol. The number of benzene rings is 1. The lowest BCUT2D eigenvalue weighted by Crippen LogP contribution is -2.37. The molecule has 0 saturated carbocycles. The van der Waals surface area contributed by atoms with Crippen molar-refractivity contribution < 1.29 is 9.53 Å². The molecule has 4 heteroatoms. The normalized spacial score (nSPS) is 10.1. The van der Waals surface area contributed by atoms with E-state index in [9.17, 15) is 4.79 Å². The lowest BCUT2D eigenvalue weighted by molar-refractivity contribution is -0.119. The van der Waals surface area contributed by atoms with Gasteiger partial charge in [0, 0.05) is 7.11 Å². The fourth-order valence-electron chi connectivity index (χ4n) is 1.16. The van der Waals surface area contributed by atoms with Crippen molar-refractivity contribution in [3.05, 3.63) is 29.8 Å². The van der Waals surface area contributed by atoms with Crippen LogP contribution in [0.25, 0.3) is 0 Å². The number of amides is 1. The van der Waals surface area contributed by atoms with E-state index in [0.29, 0.717) is 18.7 Å². The summed E-state index contributed by atoms with van der Waals surface area (Å²) < 4.78 is 4.81. The van der Waals surface area contributed by atoms with E-state index >= 15 is 0 Å². The minimum Gasteiger partial charge on any atom is -0.384 e. The van der Waals surface area contributed by atoms with Gasteiger partial charge in [0.25, 0.3) is 0 Å². The Morgan fingerprint density at radius 1 is 1.40 bits per heavy atom. The van der Waals surface area contributed by atoms with Gasteiger partial charge in [-0.1, -0.05) is 17.7 Å².